The summed E-state index contributed by atoms with van der Waals surface area (Å²) in [5.41, 5.74) is 0.147. The van der Waals surface area contributed by atoms with Gasteiger partial charge in [0.15, 0.2) is 0 Å². The van der Waals surface area contributed by atoms with Crippen LogP contribution in [0.5, 0.6) is 0 Å². The molecule has 0 amide bonds. The van der Waals surface area contributed by atoms with Crippen molar-refractivity contribution < 1.29 is 25.2 Å². The molecule has 3 saturated carbocycles. The number of allylic oxidation sites excluding steroid dienone is 3. The molecule has 0 radical (unpaired) electrons. The third kappa shape index (κ3) is 2.95. The molecule has 9 unspecified atom stereocenters. The molecule has 0 aromatic rings. The van der Waals surface area contributed by atoms with Gasteiger partial charge in [0.25, 0.3) is 0 Å². The summed E-state index contributed by atoms with van der Waals surface area (Å²) in [6.07, 6.45) is 7.36. The van der Waals surface area contributed by atoms with Crippen molar-refractivity contribution in [1.82, 2.24) is 0 Å². The number of rotatable bonds is 1. The minimum Gasteiger partial charge on any atom is -0.481 e. The molecular weight excluding hydrogens is 440 g/mol. The Morgan fingerprint density at radius 2 is 1.60 bits per heavy atom. The minimum absolute atomic E-state index is 0.0711. The van der Waals surface area contributed by atoms with Crippen LogP contribution in [0.4, 0.5) is 0 Å². The number of carbonyl (C=O) groups is 1. The highest BCUT2D eigenvalue weighted by Crippen LogP contribution is 2.74. The summed E-state index contributed by atoms with van der Waals surface area (Å²) in [6, 6.07) is 0. The number of aliphatic hydroxyl groups excluding tert-OH is 3. The first kappa shape index (κ1) is 25.5. The van der Waals surface area contributed by atoms with Crippen molar-refractivity contribution >= 4 is 5.97 Å². The third-order valence-electron chi connectivity index (χ3n) is 12.6. The fraction of sp³-hybridized carbons (Fsp3) is 0.833. The summed E-state index contributed by atoms with van der Waals surface area (Å²) in [5, 5.41) is 43.2. The van der Waals surface area contributed by atoms with Gasteiger partial charge in [-0.2, -0.15) is 0 Å². The Morgan fingerprint density at radius 1 is 0.943 bits per heavy atom. The smallest absolute Gasteiger partial charge is 0.313 e. The Morgan fingerprint density at radius 3 is 2.23 bits per heavy atom. The van der Waals surface area contributed by atoms with Crippen molar-refractivity contribution in [1.29, 1.82) is 0 Å². The van der Waals surface area contributed by atoms with Gasteiger partial charge in [-0.3, -0.25) is 4.79 Å². The number of hydrogen-bond donors (Lipinski definition) is 4. The zero-order chi connectivity index (χ0) is 26.0. The molecule has 4 N–H and O–H groups in total. The summed E-state index contributed by atoms with van der Waals surface area (Å²) < 4.78 is 0. The van der Waals surface area contributed by atoms with E-state index < -0.39 is 29.7 Å². The third-order valence-corrected chi connectivity index (χ3v) is 12.6. The number of carboxylic acid groups (broad SMARTS) is 1. The van der Waals surface area contributed by atoms with Gasteiger partial charge in [0.2, 0.25) is 0 Å². The predicted octanol–water partition coefficient (Wildman–Crippen LogP) is 5.10. The van der Waals surface area contributed by atoms with Crippen molar-refractivity contribution in [2.24, 2.45) is 44.3 Å². The van der Waals surface area contributed by atoms with Crippen LogP contribution in [0, 0.1) is 44.3 Å². The summed E-state index contributed by atoms with van der Waals surface area (Å²) in [6.45, 7) is 15.4. The second-order valence-electron chi connectivity index (χ2n) is 14.9. The second kappa shape index (κ2) is 7.23. The van der Waals surface area contributed by atoms with Gasteiger partial charge in [0.1, 0.15) is 0 Å². The normalized spacial score (nSPS) is 52.1. The lowest BCUT2D eigenvalue weighted by atomic mass is 9.35. The molecule has 9 atom stereocenters. The predicted molar refractivity (Wildman–Crippen MR) is 135 cm³/mol. The lowest BCUT2D eigenvalue weighted by Gasteiger charge is -2.69. The van der Waals surface area contributed by atoms with E-state index in [0.29, 0.717) is 25.2 Å². The van der Waals surface area contributed by atoms with E-state index >= 15 is 0 Å². The second-order valence-corrected chi connectivity index (χ2v) is 14.9. The maximum Gasteiger partial charge on any atom is 0.313 e. The van der Waals surface area contributed by atoms with Gasteiger partial charge in [0.05, 0.1) is 23.7 Å². The Labute approximate surface area is 210 Å². The summed E-state index contributed by atoms with van der Waals surface area (Å²) >= 11 is 0. The lowest BCUT2D eigenvalue weighted by molar-refractivity contribution is -0.217. The maximum atomic E-state index is 12.8. The number of aliphatic carboxylic acids is 1. The monoisotopic (exact) mass is 486 g/mol. The van der Waals surface area contributed by atoms with Crippen LogP contribution < -0.4 is 0 Å². The molecule has 0 aromatic heterocycles. The van der Waals surface area contributed by atoms with Gasteiger partial charge < -0.3 is 20.4 Å². The zero-order valence-corrected chi connectivity index (χ0v) is 22.7. The molecule has 0 spiro atoms. The SMILES string of the molecule is CC1(C)CC2=C3C=CC4C5(C)CC(O)C(O)C(C)(C)C5CCC4(C)C3(C)CCC2(C(=O)O)CC1O. The first-order valence-corrected chi connectivity index (χ1v) is 13.7. The highest BCUT2D eigenvalue weighted by Gasteiger charge is 2.68. The molecule has 5 aliphatic carbocycles. The average Bonchev–Trinajstić information content (AvgIpc) is 2.73. The Kier molecular flexibility index (Phi) is 5.26. The van der Waals surface area contributed by atoms with Crippen LogP contribution in [0.15, 0.2) is 23.3 Å². The summed E-state index contributed by atoms with van der Waals surface area (Å²) in [5.74, 6) is -0.248. The Balaban J connectivity index is 1.69. The molecule has 5 rings (SSSR count). The number of carboxylic acids is 1. The van der Waals surface area contributed by atoms with Crippen LogP contribution in [-0.2, 0) is 4.79 Å². The van der Waals surface area contributed by atoms with E-state index in [0.717, 1.165) is 24.8 Å². The average molecular weight is 487 g/mol. The molecule has 0 heterocycles. The Bertz CT molecular complexity index is 1010. The molecule has 0 saturated heterocycles. The van der Waals surface area contributed by atoms with Crippen LogP contribution >= 0.6 is 0 Å². The van der Waals surface area contributed by atoms with Gasteiger partial charge in [-0.05, 0) is 95.0 Å². The van der Waals surface area contributed by atoms with Gasteiger partial charge >= 0.3 is 5.97 Å². The van der Waals surface area contributed by atoms with Gasteiger partial charge in [0, 0.05) is 0 Å². The Hall–Kier alpha value is -1.17. The standard InChI is InChI=1S/C30H46O5/c1-25(2)14-18-17-8-9-21-27(5)15-19(31)23(33)26(3,4)20(27)10-11-29(21,7)28(17,6)12-13-30(18,24(34)35)16-22(25)32/h8-9,19-23,31-33H,10-16H2,1-7H3,(H,34,35). The van der Waals surface area contributed by atoms with Gasteiger partial charge in [-0.15, -0.1) is 0 Å². The topological polar surface area (TPSA) is 98.0 Å². The highest BCUT2D eigenvalue weighted by molar-refractivity contribution is 5.80. The molecule has 5 heteroatoms. The molecule has 5 aliphatic rings. The van der Waals surface area contributed by atoms with E-state index in [1.807, 2.05) is 0 Å². The van der Waals surface area contributed by atoms with E-state index in [9.17, 15) is 25.2 Å². The van der Waals surface area contributed by atoms with Crippen LogP contribution in [0.2, 0.25) is 0 Å². The van der Waals surface area contributed by atoms with E-state index in [2.05, 4.69) is 60.6 Å². The first-order chi connectivity index (χ1) is 16.0. The fourth-order valence-corrected chi connectivity index (χ4v) is 10.1. The summed E-state index contributed by atoms with van der Waals surface area (Å²) in [4.78, 5) is 12.8. The van der Waals surface area contributed by atoms with Crippen molar-refractivity contribution in [3.05, 3.63) is 23.3 Å². The molecular formula is C30H46O5. The van der Waals surface area contributed by atoms with E-state index in [1.54, 1.807) is 0 Å². The lowest BCUT2D eigenvalue weighted by Crippen LogP contribution is -2.66. The quantitative estimate of drug-likeness (QED) is 0.414. The fourth-order valence-electron chi connectivity index (χ4n) is 10.1. The molecule has 3 fully saturated rings. The van der Waals surface area contributed by atoms with E-state index in [1.165, 1.54) is 5.57 Å². The van der Waals surface area contributed by atoms with Crippen molar-refractivity contribution in [2.45, 2.75) is 112 Å². The van der Waals surface area contributed by atoms with Crippen LogP contribution in [0.1, 0.15) is 93.4 Å². The first-order valence-electron chi connectivity index (χ1n) is 13.7. The summed E-state index contributed by atoms with van der Waals surface area (Å²) in [7, 11) is 0. The molecule has 0 aromatic carbocycles. The van der Waals surface area contributed by atoms with Crippen molar-refractivity contribution in [3.63, 3.8) is 0 Å². The van der Waals surface area contributed by atoms with Crippen molar-refractivity contribution in [2.75, 3.05) is 0 Å². The number of aliphatic hydroxyl groups is 3. The molecule has 196 valence electrons. The van der Waals surface area contributed by atoms with Gasteiger partial charge in [-0.1, -0.05) is 60.6 Å². The van der Waals surface area contributed by atoms with E-state index in [4.69, 9.17) is 0 Å². The zero-order valence-electron chi connectivity index (χ0n) is 22.7. The molecule has 0 bridgehead atoms. The van der Waals surface area contributed by atoms with Crippen molar-refractivity contribution in [3.8, 4) is 0 Å². The number of fused-ring (bicyclic) bond motifs is 6. The largest absolute Gasteiger partial charge is 0.481 e. The van der Waals surface area contributed by atoms with Gasteiger partial charge in [-0.25, -0.2) is 0 Å². The van der Waals surface area contributed by atoms with E-state index in [-0.39, 0.29) is 39.4 Å². The minimum atomic E-state index is -0.981. The molecule has 0 aliphatic heterocycles. The van der Waals surface area contributed by atoms with Crippen LogP contribution in [0.3, 0.4) is 0 Å². The molecule has 35 heavy (non-hydrogen) atoms. The molecule has 5 nitrogen and oxygen atoms in total. The van der Waals surface area contributed by atoms with Crippen LogP contribution in [-0.4, -0.2) is 44.7 Å². The maximum absolute atomic E-state index is 12.8. The highest BCUT2D eigenvalue weighted by atomic mass is 16.4. The van der Waals surface area contributed by atoms with Crippen LogP contribution in [0.25, 0.3) is 0 Å². The number of hydrogen-bond acceptors (Lipinski definition) is 4.